The Labute approximate surface area is 93.8 Å². The predicted molar refractivity (Wildman–Crippen MR) is 58.7 cm³/mol. The molecule has 16 heavy (non-hydrogen) atoms. The Morgan fingerprint density at radius 2 is 2.00 bits per heavy atom. The topological polar surface area (TPSA) is 67.4 Å². The van der Waals surface area contributed by atoms with Gasteiger partial charge in [-0.3, -0.25) is 4.79 Å². The maximum Gasteiger partial charge on any atom is 0.407 e. The number of alkyl carbamates (subject to hydrolysis) is 1. The highest BCUT2D eigenvalue weighted by Crippen LogP contribution is 2.00. The molecule has 0 bridgehead atoms. The summed E-state index contributed by atoms with van der Waals surface area (Å²) in [5.74, 6) is 0. The molecule has 1 rings (SSSR count). The van der Waals surface area contributed by atoms with Crippen molar-refractivity contribution in [1.29, 1.82) is 0 Å². The van der Waals surface area contributed by atoms with E-state index in [9.17, 15) is 9.59 Å². The normalized spacial score (nSPS) is 9.25. The SMILES string of the molecule is O=CNCCNC(=O)OCc1ccccc1. The van der Waals surface area contributed by atoms with Gasteiger partial charge in [-0.1, -0.05) is 30.3 Å². The molecule has 86 valence electrons. The number of carbonyl (C=O) groups excluding carboxylic acids is 2. The summed E-state index contributed by atoms with van der Waals surface area (Å²) in [6, 6.07) is 9.41. The Bertz CT molecular complexity index is 327. The van der Waals surface area contributed by atoms with Gasteiger partial charge in [-0.25, -0.2) is 4.79 Å². The number of benzene rings is 1. The molecule has 2 amide bonds. The molecule has 5 heteroatoms. The molecule has 0 saturated heterocycles. The van der Waals surface area contributed by atoms with Crippen molar-refractivity contribution in [3.63, 3.8) is 0 Å². The average molecular weight is 222 g/mol. The fraction of sp³-hybridized carbons (Fsp3) is 0.273. The van der Waals surface area contributed by atoms with E-state index in [2.05, 4.69) is 10.6 Å². The van der Waals surface area contributed by atoms with Gasteiger partial charge < -0.3 is 15.4 Å². The number of rotatable bonds is 6. The van der Waals surface area contributed by atoms with Gasteiger partial charge in [0.15, 0.2) is 0 Å². The van der Waals surface area contributed by atoms with Crippen LogP contribution in [-0.4, -0.2) is 25.6 Å². The summed E-state index contributed by atoms with van der Waals surface area (Å²) >= 11 is 0. The number of carbonyl (C=O) groups is 2. The molecule has 0 atom stereocenters. The molecule has 1 aromatic carbocycles. The van der Waals surface area contributed by atoms with E-state index in [0.29, 0.717) is 19.5 Å². The van der Waals surface area contributed by atoms with E-state index in [4.69, 9.17) is 4.74 Å². The zero-order valence-corrected chi connectivity index (χ0v) is 8.81. The van der Waals surface area contributed by atoms with Gasteiger partial charge in [-0.15, -0.1) is 0 Å². The molecule has 0 aliphatic carbocycles. The van der Waals surface area contributed by atoms with Crippen LogP contribution in [0, 0.1) is 0 Å². The zero-order valence-electron chi connectivity index (χ0n) is 8.81. The molecule has 0 aromatic heterocycles. The summed E-state index contributed by atoms with van der Waals surface area (Å²) < 4.78 is 4.94. The average Bonchev–Trinajstić information content (AvgIpc) is 2.33. The third-order valence-corrected chi connectivity index (χ3v) is 1.83. The number of hydrogen-bond acceptors (Lipinski definition) is 3. The number of nitrogens with one attached hydrogen (secondary N) is 2. The highest BCUT2D eigenvalue weighted by Gasteiger charge is 2.00. The second-order valence-electron chi connectivity index (χ2n) is 3.06. The molecule has 0 aliphatic heterocycles. The van der Waals surface area contributed by atoms with Crippen molar-refractivity contribution in [2.24, 2.45) is 0 Å². The summed E-state index contributed by atoms with van der Waals surface area (Å²) in [6.45, 7) is 0.990. The van der Waals surface area contributed by atoms with Crippen molar-refractivity contribution in [1.82, 2.24) is 10.6 Å². The summed E-state index contributed by atoms with van der Waals surface area (Å²) in [4.78, 5) is 21.0. The minimum Gasteiger partial charge on any atom is -0.445 e. The molecule has 0 aliphatic rings. The lowest BCUT2D eigenvalue weighted by molar-refractivity contribution is -0.109. The number of hydrogen-bond donors (Lipinski definition) is 2. The van der Waals surface area contributed by atoms with Crippen molar-refractivity contribution in [3.05, 3.63) is 35.9 Å². The summed E-state index contributed by atoms with van der Waals surface area (Å²) in [7, 11) is 0. The summed E-state index contributed by atoms with van der Waals surface area (Å²) in [5, 5.41) is 4.93. The van der Waals surface area contributed by atoms with Crippen LogP contribution in [0.2, 0.25) is 0 Å². The summed E-state index contributed by atoms with van der Waals surface area (Å²) in [5.41, 5.74) is 0.934. The van der Waals surface area contributed by atoms with Crippen LogP contribution in [0.3, 0.4) is 0 Å². The van der Waals surface area contributed by atoms with Gasteiger partial charge in [0.2, 0.25) is 6.41 Å². The van der Waals surface area contributed by atoms with Crippen LogP contribution in [-0.2, 0) is 16.1 Å². The fourth-order valence-corrected chi connectivity index (χ4v) is 1.07. The van der Waals surface area contributed by atoms with Gasteiger partial charge in [-0.2, -0.15) is 0 Å². The smallest absolute Gasteiger partial charge is 0.407 e. The first-order valence-corrected chi connectivity index (χ1v) is 4.94. The van der Waals surface area contributed by atoms with Crippen molar-refractivity contribution >= 4 is 12.5 Å². The van der Waals surface area contributed by atoms with E-state index in [1.165, 1.54) is 0 Å². The minimum absolute atomic E-state index is 0.244. The second kappa shape index (κ2) is 7.28. The lowest BCUT2D eigenvalue weighted by Crippen LogP contribution is -2.31. The maximum absolute atomic E-state index is 11.1. The minimum atomic E-state index is -0.489. The molecule has 1 aromatic rings. The highest BCUT2D eigenvalue weighted by molar-refractivity contribution is 5.67. The largest absolute Gasteiger partial charge is 0.445 e. The lowest BCUT2D eigenvalue weighted by atomic mass is 10.2. The molecular formula is C11H14N2O3. The molecule has 0 unspecified atom stereocenters. The van der Waals surface area contributed by atoms with Crippen LogP contribution in [0.5, 0.6) is 0 Å². The molecule has 2 N–H and O–H groups in total. The molecule has 0 heterocycles. The molecular weight excluding hydrogens is 208 g/mol. The van der Waals surface area contributed by atoms with Gasteiger partial charge >= 0.3 is 6.09 Å². The molecule has 0 spiro atoms. The summed E-state index contributed by atoms with van der Waals surface area (Å²) in [6.07, 6.45) is 0.0910. The van der Waals surface area contributed by atoms with Gasteiger partial charge in [-0.05, 0) is 5.56 Å². The van der Waals surface area contributed by atoms with Crippen LogP contribution >= 0.6 is 0 Å². The van der Waals surface area contributed by atoms with Crippen molar-refractivity contribution < 1.29 is 14.3 Å². The third kappa shape index (κ3) is 4.99. The molecule has 0 fully saturated rings. The van der Waals surface area contributed by atoms with E-state index >= 15 is 0 Å². The van der Waals surface area contributed by atoms with Crippen molar-refractivity contribution in [2.75, 3.05) is 13.1 Å². The molecule has 5 nitrogen and oxygen atoms in total. The predicted octanol–water partition coefficient (Wildman–Crippen LogP) is 0.659. The van der Waals surface area contributed by atoms with E-state index in [-0.39, 0.29) is 6.61 Å². The monoisotopic (exact) mass is 222 g/mol. The quantitative estimate of drug-likeness (QED) is 0.549. The van der Waals surface area contributed by atoms with Crippen molar-refractivity contribution in [2.45, 2.75) is 6.61 Å². The Kier molecular flexibility index (Phi) is 5.47. The Balaban J connectivity index is 2.13. The Morgan fingerprint density at radius 3 is 2.69 bits per heavy atom. The van der Waals surface area contributed by atoms with Crippen LogP contribution < -0.4 is 10.6 Å². The first-order chi connectivity index (χ1) is 7.83. The first kappa shape index (κ1) is 12.0. The Hall–Kier alpha value is -2.04. The fourth-order valence-electron chi connectivity index (χ4n) is 1.07. The van der Waals surface area contributed by atoms with E-state index in [1.807, 2.05) is 30.3 Å². The van der Waals surface area contributed by atoms with E-state index in [0.717, 1.165) is 5.56 Å². The van der Waals surface area contributed by atoms with E-state index in [1.54, 1.807) is 0 Å². The lowest BCUT2D eigenvalue weighted by Gasteiger charge is -2.06. The van der Waals surface area contributed by atoms with Crippen LogP contribution in [0.1, 0.15) is 5.56 Å². The van der Waals surface area contributed by atoms with Crippen LogP contribution in [0.15, 0.2) is 30.3 Å². The first-order valence-electron chi connectivity index (χ1n) is 4.94. The van der Waals surface area contributed by atoms with Gasteiger partial charge in [0, 0.05) is 13.1 Å². The van der Waals surface area contributed by atoms with Gasteiger partial charge in [0.05, 0.1) is 0 Å². The van der Waals surface area contributed by atoms with Crippen molar-refractivity contribution in [3.8, 4) is 0 Å². The van der Waals surface area contributed by atoms with Crippen LogP contribution in [0.4, 0.5) is 4.79 Å². The van der Waals surface area contributed by atoms with E-state index < -0.39 is 6.09 Å². The van der Waals surface area contributed by atoms with Gasteiger partial charge in [0.1, 0.15) is 6.61 Å². The zero-order chi connectivity index (χ0) is 11.6. The maximum atomic E-state index is 11.1. The number of amides is 2. The second-order valence-corrected chi connectivity index (χ2v) is 3.06. The highest BCUT2D eigenvalue weighted by atomic mass is 16.5. The van der Waals surface area contributed by atoms with Crippen LogP contribution in [0.25, 0.3) is 0 Å². The standard InChI is InChI=1S/C11H14N2O3/c14-9-12-6-7-13-11(15)16-8-10-4-2-1-3-5-10/h1-5,9H,6-8H2,(H,12,14)(H,13,15). The molecule has 0 radical (unpaired) electrons. The van der Waals surface area contributed by atoms with Gasteiger partial charge in [0.25, 0.3) is 0 Å². The third-order valence-electron chi connectivity index (χ3n) is 1.83. The molecule has 0 saturated carbocycles. The Morgan fingerprint density at radius 1 is 1.25 bits per heavy atom. The number of ether oxygens (including phenoxy) is 1.